The smallest absolute Gasteiger partial charge is 0.227 e. The molecule has 3 N–H and O–H groups in total. The Morgan fingerprint density at radius 2 is 1.93 bits per heavy atom. The molecule has 0 fully saturated rings. The number of rotatable bonds is 7. The Balaban J connectivity index is 0.00000300. The number of benzene rings is 2. The maximum Gasteiger partial charge on any atom is 0.227 e. The average Bonchev–Trinajstić information content (AvgIpc) is 3.16. The number of amides is 1. The van der Waals surface area contributed by atoms with Gasteiger partial charge in [0.25, 0.3) is 0 Å². The van der Waals surface area contributed by atoms with Crippen LogP contribution < -0.4 is 15.8 Å². The second kappa shape index (κ2) is 9.93. The summed E-state index contributed by atoms with van der Waals surface area (Å²) in [4.78, 5) is 16.5. The van der Waals surface area contributed by atoms with E-state index >= 15 is 0 Å². The number of nitrogen functional groups attached to an aromatic ring is 1. The van der Waals surface area contributed by atoms with Crippen molar-refractivity contribution in [3.63, 3.8) is 0 Å². The van der Waals surface area contributed by atoms with E-state index in [1.54, 1.807) is 25.3 Å². The zero-order valence-electron chi connectivity index (χ0n) is 16.6. The average molecular weight is 417 g/mol. The van der Waals surface area contributed by atoms with E-state index in [4.69, 9.17) is 15.0 Å². The molecule has 3 rings (SSSR count). The van der Waals surface area contributed by atoms with Crippen LogP contribution in [0, 0.1) is 0 Å². The number of hydrogen-bond donors (Lipinski definition) is 2. The number of anilines is 2. The van der Waals surface area contributed by atoms with Crippen molar-refractivity contribution in [3.05, 3.63) is 53.9 Å². The van der Waals surface area contributed by atoms with Gasteiger partial charge in [0.05, 0.1) is 12.8 Å². The Labute approximate surface area is 176 Å². The molecule has 0 spiro atoms. The normalized spacial score (nSPS) is 10.5. The number of methoxy groups -OCH3 is 1. The Hall–Kier alpha value is -3.06. The fourth-order valence-corrected chi connectivity index (χ4v) is 2.75. The molecule has 0 radical (unpaired) electrons. The molecule has 0 aliphatic rings. The summed E-state index contributed by atoms with van der Waals surface area (Å²) in [6, 6.07) is 13.2. The molecular weight excluding hydrogens is 392 g/mol. The summed E-state index contributed by atoms with van der Waals surface area (Å²) in [5.41, 5.74) is 9.06. The minimum absolute atomic E-state index is 0. The van der Waals surface area contributed by atoms with E-state index < -0.39 is 0 Å². The highest BCUT2D eigenvalue weighted by molar-refractivity contribution is 5.91. The van der Waals surface area contributed by atoms with Crippen LogP contribution in [-0.2, 0) is 11.2 Å². The van der Waals surface area contributed by atoms with Gasteiger partial charge in [-0.2, -0.15) is 4.98 Å². The molecule has 0 unspecified atom stereocenters. The Bertz CT molecular complexity index is 955. The molecule has 0 saturated carbocycles. The zero-order valence-corrected chi connectivity index (χ0v) is 17.5. The second-order valence-corrected chi connectivity index (χ2v) is 6.79. The number of carbonyl (C=O) groups excluding carboxylic acids is 1. The van der Waals surface area contributed by atoms with Gasteiger partial charge in [-0.3, -0.25) is 4.79 Å². The highest BCUT2D eigenvalue weighted by Gasteiger charge is 2.12. The van der Waals surface area contributed by atoms with E-state index in [2.05, 4.69) is 41.4 Å². The molecule has 8 heteroatoms. The lowest BCUT2D eigenvalue weighted by atomic mass is 10.0. The molecule has 154 valence electrons. The summed E-state index contributed by atoms with van der Waals surface area (Å²) in [7, 11) is 1.54. The predicted molar refractivity (Wildman–Crippen MR) is 115 cm³/mol. The fourth-order valence-electron chi connectivity index (χ4n) is 2.75. The Morgan fingerprint density at radius 1 is 1.21 bits per heavy atom. The van der Waals surface area contributed by atoms with E-state index in [1.807, 2.05) is 12.1 Å². The topological polar surface area (TPSA) is 103 Å². The molecule has 1 heterocycles. The van der Waals surface area contributed by atoms with E-state index in [1.165, 1.54) is 5.56 Å². The van der Waals surface area contributed by atoms with Crippen LogP contribution in [0.25, 0.3) is 11.4 Å². The van der Waals surface area contributed by atoms with Crippen LogP contribution in [0.15, 0.2) is 47.0 Å². The predicted octanol–water partition coefficient (Wildman–Crippen LogP) is 4.44. The third kappa shape index (κ3) is 5.71. The summed E-state index contributed by atoms with van der Waals surface area (Å²) in [6.07, 6.45) is 0.578. The first-order chi connectivity index (χ1) is 13.5. The van der Waals surface area contributed by atoms with Gasteiger partial charge in [-0.05, 0) is 29.7 Å². The van der Waals surface area contributed by atoms with Gasteiger partial charge in [-0.15, -0.1) is 12.4 Å². The second-order valence-electron chi connectivity index (χ2n) is 6.79. The number of aromatic nitrogens is 2. The SMILES string of the molecule is COc1ccc(NC(=O)CCc2nc(-c3ccc(C(C)C)cc3)no2)cc1N.Cl. The Morgan fingerprint density at radius 3 is 2.55 bits per heavy atom. The fraction of sp³-hybridized carbons (Fsp3) is 0.286. The number of ether oxygens (including phenoxy) is 1. The first kappa shape index (κ1) is 22.2. The first-order valence-corrected chi connectivity index (χ1v) is 9.12. The van der Waals surface area contributed by atoms with Gasteiger partial charge in [0, 0.05) is 24.1 Å². The lowest BCUT2D eigenvalue weighted by Gasteiger charge is -2.08. The van der Waals surface area contributed by atoms with Crippen LogP contribution in [0.3, 0.4) is 0 Å². The van der Waals surface area contributed by atoms with E-state index in [-0.39, 0.29) is 24.7 Å². The number of carbonyl (C=O) groups is 1. The lowest BCUT2D eigenvalue weighted by molar-refractivity contribution is -0.116. The van der Waals surface area contributed by atoms with Gasteiger partial charge in [-0.1, -0.05) is 43.3 Å². The number of nitrogens with two attached hydrogens (primary N) is 1. The molecule has 0 aliphatic carbocycles. The van der Waals surface area contributed by atoms with Crippen molar-refractivity contribution in [2.24, 2.45) is 0 Å². The van der Waals surface area contributed by atoms with Gasteiger partial charge >= 0.3 is 0 Å². The van der Waals surface area contributed by atoms with Crippen LogP contribution in [-0.4, -0.2) is 23.2 Å². The molecule has 2 aromatic carbocycles. The highest BCUT2D eigenvalue weighted by Crippen LogP contribution is 2.25. The monoisotopic (exact) mass is 416 g/mol. The van der Waals surface area contributed by atoms with Crippen molar-refractivity contribution in [3.8, 4) is 17.1 Å². The molecule has 7 nitrogen and oxygen atoms in total. The lowest BCUT2D eigenvalue weighted by Crippen LogP contribution is -2.12. The number of halogens is 1. The molecule has 1 aromatic heterocycles. The summed E-state index contributed by atoms with van der Waals surface area (Å²) < 4.78 is 10.4. The number of hydrogen-bond acceptors (Lipinski definition) is 6. The van der Waals surface area contributed by atoms with Crippen molar-refractivity contribution in [2.45, 2.75) is 32.6 Å². The van der Waals surface area contributed by atoms with E-state index in [0.29, 0.717) is 41.2 Å². The number of nitrogens with one attached hydrogen (secondary N) is 1. The maximum absolute atomic E-state index is 12.2. The molecule has 0 bridgehead atoms. The van der Waals surface area contributed by atoms with Crippen LogP contribution >= 0.6 is 12.4 Å². The minimum atomic E-state index is -0.161. The summed E-state index contributed by atoms with van der Waals surface area (Å²) in [5.74, 6) is 1.82. The summed E-state index contributed by atoms with van der Waals surface area (Å²) in [6.45, 7) is 4.29. The Kier molecular flexibility index (Phi) is 7.61. The summed E-state index contributed by atoms with van der Waals surface area (Å²) in [5, 5.41) is 6.80. The van der Waals surface area contributed by atoms with E-state index in [0.717, 1.165) is 5.56 Å². The zero-order chi connectivity index (χ0) is 20.1. The van der Waals surface area contributed by atoms with Crippen molar-refractivity contribution in [2.75, 3.05) is 18.2 Å². The van der Waals surface area contributed by atoms with E-state index in [9.17, 15) is 4.79 Å². The number of aryl methyl sites for hydroxylation is 1. The maximum atomic E-state index is 12.2. The van der Waals surface area contributed by atoms with Gasteiger partial charge in [0.1, 0.15) is 5.75 Å². The van der Waals surface area contributed by atoms with Gasteiger partial charge in [0.2, 0.25) is 17.6 Å². The van der Waals surface area contributed by atoms with Gasteiger partial charge in [-0.25, -0.2) is 0 Å². The van der Waals surface area contributed by atoms with Crippen molar-refractivity contribution >= 4 is 29.7 Å². The third-order valence-electron chi connectivity index (χ3n) is 4.38. The minimum Gasteiger partial charge on any atom is -0.495 e. The van der Waals surface area contributed by atoms with Crippen molar-refractivity contribution in [1.29, 1.82) is 0 Å². The molecule has 29 heavy (non-hydrogen) atoms. The van der Waals surface area contributed by atoms with Crippen LogP contribution in [0.1, 0.15) is 37.6 Å². The largest absolute Gasteiger partial charge is 0.495 e. The van der Waals surface area contributed by atoms with Gasteiger partial charge < -0.3 is 20.3 Å². The quantitative estimate of drug-likeness (QED) is 0.551. The molecule has 0 aliphatic heterocycles. The first-order valence-electron chi connectivity index (χ1n) is 9.12. The van der Waals surface area contributed by atoms with Crippen LogP contribution in [0.2, 0.25) is 0 Å². The van der Waals surface area contributed by atoms with Gasteiger partial charge in [0.15, 0.2) is 0 Å². The van der Waals surface area contributed by atoms with Crippen molar-refractivity contribution in [1.82, 2.24) is 10.1 Å². The number of nitrogens with zero attached hydrogens (tertiary/aromatic N) is 2. The van der Waals surface area contributed by atoms with Crippen LogP contribution in [0.5, 0.6) is 5.75 Å². The molecule has 0 saturated heterocycles. The third-order valence-corrected chi connectivity index (χ3v) is 4.38. The molecule has 3 aromatic rings. The standard InChI is InChI=1S/C21H24N4O3.ClH/c1-13(2)14-4-6-15(7-5-14)21-24-20(28-25-21)11-10-19(26)23-16-8-9-18(27-3)17(22)12-16;/h4-9,12-13H,10-11,22H2,1-3H3,(H,23,26);1H. The molecular formula is C21H25ClN4O3. The van der Waals surface area contributed by atoms with Crippen LogP contribution in [0.4, 0.5) is 11.4 Å². The molecule has 1 amide bonds. The highest BCUT2D eigenvalue weighted by atomic mass is 35.5. The molecule has 0 atom stereocenters. The summed E-state index contributed by atoms with van der Waals surface area (Å²) >= 11 is 0. The van der Waals surface area contributed by atoms with Crippen molar-refractivity contribution < 1.29 is 14.1 Å².